The van der Waals surface area contributed by atoms with E-state index in [0.717, 1.165) is 24.5 Å². The minimum absolute atomic E-state index is 0.429. The van der Waals surface area contributed by atoms with Gasteiger partial charge in [0.15, 0.2) is 0 Å². The molecule has 2 heterocycles. The number of hydrogen-bond acceptors (Lipinski definition) is 5. The highest BCUT2D eigenvalue weighted by molar-refractivity contribution is 7.99. The van der Waals surface area contributed by atoms with Gasteiger partial charge in [-0.1, -0.05) is 6.07 Å². The summed E-state index contributed by atoms with van der Waals surface area (Å²) in [6, 6.07) is 6.75. The molecule has 1 aromatic carbocycles. The number of fused-ring (bicyclic) bond motifs is 3. The van der Waals surface area contributed by atoms with Crippen LogP contribution in [0, 0.1) is 0 Å². The van der Waals surface area contributed by atoms with Gasteiger partial charge < -0.3 is 10.1 Å². The minimum Gasteiger partial charge on any atom is -0.497 e. The minimum atomic E-state index is 0.429. The Morgan fingerprint density at radius 2 is 2.35 bits per heavy atom. The van der Waals surface area contributed by atoms with Crippen LogP contribution in [0.2, 0.25) is 0 Å². The monoisotopic (exact) mass is 304 g/mol. The SMILES string of the molecule is COc1ccc2c(c1)-c1nc(C3CSCCN3)sc1C2. The van der Waals surface area contributed by atoms with Gasteiger partial charge in [-0.05, 0) is 17.7 Å². The molecule has 3 nitrogen and oxygen atoms in total. The normalized spacial score (nSPS) is 20.6. The molecule has 1 aliphatic heterocycles. The van der Waals surface area contributed by atoms with E-state index in [2.05, 4.69) is 17.4 Å². The van der Waals surface area contributed by atoms with Crippen LogP contribution >= 0.6 is 23.1 Å². The first-order chi connectivity index (χ1) is 9.85. The highest BCUT2D eigenvalue weighted by Crippen LogP contribution is 2.42. The van der Waals surface area contributed by atoms with Gasteiger partial charge in [0, 0.05) is 34.9 Å². The maximum absolute atomic E-state index is 5.34. The first-order valence-electron chi connectivity index (χ1n) is 6.83. The average molecular weight is 304 g/mol. The van der Waals surface area contributed by atoms with E-state index in [4.69, 9.17) is 9.72 Å². The topological polar surface area (TPSA) is 34.1 Å². The molecule has 1 atom stereocenters. The van der Waals surface area contributed by atoms with Crippen LogP contribution in [0.15, 0.2) is 18.2 Å². The van der Waals surface area contributed by atoms with Crippen molar-refractivity contribution in [2.24, 2.45) is 0 Å². The van der Waals surface area contributed by atoms with Gasteiger partial charge in [-0.3, -0.25) is 0 Å². The molecule has 0 radical (unpaired) electrons. The van der Waals surface area contributed by atoms with E-state index < -0.39 is 0 Å². The van der Waals surface area contributed by atoms with Crippen LogP contribution < -0.4 is 10.1 Å². The van der Waals surface area contributed by atoms with Crippen molar-refractivity contribution < 1.29 is 4.74 Å². The number of nitrogens with one attached hydrogen (secondary N) is 1. The maximum Gasteiger partial charge on any atom is 0.119 e. The Balaban J connectivity index is 1.70. The lowest BCUT2D eigenvalue weighted by Gasteiger charge is -2.20. The number of ether oxygens (including phenoxy) is 1. The van der Waals surface area contributed by atoms with Crippen LogP contribution in [-0.4, -0.2) is 30.1 Å². The van der Waals surface area contributed by atoms with Crippen molar-refractivity contribution in [3.8, 4) is 17.0 Å². The van der Waals surface area contributed by atoms with Gasteiger partial charge in [-0.25, -0.2) is 4.98 Å². The zero-order valence-electron chi connectivity index (χ0n) is 11.3. The Morgan fingerprint density at radius 1 is 1.40 bits per heavy atom. The molecule has 104 valence electrons. The summed E-state index contributed by atoms with van der Waals surface area (Å²) >= 11 is 3.89. The number of thioether (sulfide) groups is 1. The number of methoxy groups -OCH3 is 1. The molecular formula is C15H16N2OS2. The highest BCUT2D eigenvalue weighted by atomic mass is 32.2. The Labute approximate surface area is 126 Å². The molecule has 1 saturated heterocycles. The van der Waals surface area contributed by atoms with Crippen molar-refractivity contribution in [2.75, 3.05) is 25.2 Å². The van der Waals surface area contributed by atoms with Gasteiger partial charge in [0.2, 0.25) is 0 Å². The van der Waals surface area contributed by atoms with Gasteiger partial charge in [0.1, 0.15) is 10.8 Å². The molecule has 0 saturated carbocycles. The van der Waals surface area contributed by atoms with E-state index in [0.29, 0.717) is 6.04 Å². The second kappa shape index (κ2) is 5.06. The highest BCUT2D eigenvalue weighted by Gasteiger charge is 2.27. The van der Waals surface area contributed by atoms with Crippen LogP contribution in [0.25, 0.3) is 11.3 Å². The summed E-state index contributed by atoms with van der Waals surface area (Å²) in [5.41, 5.74) is 3.80. The van der Waals surface area contributed by atoms with Crippen molar-refractivity contribution in [2.45, 2.75) is 12.5 Å². The molecule has 20 heavy (non-hydrogen) atoms. The lowest BCUT2D eigenvalue weighted by molar-refractivity contribution is 0.415. The first-order valence-corrected chi connectivity index (χ1v) is 8.80. The summed E-state index contributed by atoms with van der Waals surface area (Å²) in [7, 11) is 1.72. The van der Waals surface area contributed by atoms with E-state index in [9.17, 15) is 0 Å². The molecule has 5 heteroatoms. The molecule has 1 N–H and O–H groups in total. The van der Waals surface area contributed by atoms with Gasteiger partial charge in [-0.15, -0.1) is 11.3 Å². The standard InChI is InChI=1S/C15H16N2OS2/c1-18-10-3-2-9-6-13-14(11(9)7-10)17-15(20-13)12-8-19-5-4-16-12/h2-3,7,12,16H,4-6,8H2,1H3. The number of benzene rings is 1. The summed E-state index contributed by atoms with van der Waals surface area (Å²) in [4.78, 5) is 6.32. The predicted molar refractivity (Wildman–Crippen MR) is 85.0 cm³/mol. The molecule has 1 aromatic heterocycles. The molecule has 2 aliphatic rings. The third-order valence-electron chi connectivity index (χ3n) is 3.86. The van der Waals surface area contributed by atoms with Crippen LogP contribution in [0.4, 0.5) is 0 Å². The Hall–Kier alpha value is -1.04. The van der Waals surface area contributed by atoms with E-state index in [1.165, 1.54) is 32.5 Å². The number of nitrogens with zero attached hydrogens (tertiary/aromatic N) is 1. The third-order valence-corrected chi connectivity index (χ3v) is 6.09. The van der Waals surface area contributed by atoms with Gasteiger partial charge in [-0.2, -0.15) is 11.8 Å². The lowest BCUT2D eigenvalue weighted by atomic mass is 10.1. The van der Waals surface area contributed by atoms with Crippen molar-refractivity contribution in [3.05, 3.63) is 33.6 Å². The fourth-order valence-corrected chi connectivity index (χ4v) is 5.03. The summed E-state index contributed by atoms with van der Waals surface area (Å²) in [6.07, 6.45) is 1.02. The first kappa shape index (κ1) is 12.7. The smallest absolute Gasteiger partial charge is 0.119 e. The van der Waals surface area contributed by atoms with E-state index >= 15 is 0 Å². The summed E-state index contributed by atoms with van der Waals surface area (Å²) in [5, 5.41) is 4.82. The Morgan fingerprint density at radius 3 is 3.15 bits per heavy atom. The number of thiazole rings is 1. The zero-order chi connectivity index (χ0) is 13.5. The number of rotatable bonds is 2. The van der Waals surface area contributed by atoms with Gasteiger partial charge >= 0.3 is 0 Å². The van der Waals surface area contributed by atoms with Crippen LogP contribution in [0.5, 0.6) is 5.75 Å². The summed E-state index contributed by atoms with van der Waals surface area (Å²) in [6.45, 7) is 1.09. The van der Waals surface area contributed by atoms with Gasteiger partial charge in [0.05, 0.1) is 18.8 Å². The van der Waals surface area contributed by atoms with E-state index in [-0.39, 0.29) is 0 Å². The molecule has 0 spiro atoms. The van der Waals surface area contributed by atoms with Crippen molar-refractivity contribution in [3.63, 3.8) is 0 Å². The van der Waals surface area contributed by atoms with E-state index in [1.807, 2.05) is 29.2 Å². The number of aromatic nitrogens is 1. The van der Waals surface area contributed by atoms with Gasteiger partial charge in [0.25, 0.3) is 0 Å². The summed E-state index contributed by atoms with van der Waals surface area (Å²) < 4.78 is 5.34. The molecule has 1 unspecified atom stereocenters. The summed E-state index contributed by atoms with van der Waals surface area (Å²) in [5.74, 6) is 3.26. The van der Waals surface area contributed by atoms with Crippen LogP contribution in [0.1, 0.15) is 21.5 Å². The molecule has 0 amide bonds. The van der Waals surface area contributed by atoms with Crippen molar-refractivity contribution >= 4 is 23.1 Å². The number of hydrogen-bond donors (Lipinski definition) is 1. The molecule has 2 aromatic rings. The van der Waals surface area contributed by atoms with E-state index in [1.54, 1.807) is 7.11 Å². The Bertz CT molecular complexity index is 647. The molecule has 1 fully saturated rings. The molecular weight excluding hydrogens is 288 g/mol. The molecule has 1 aliphatic carbocycles. The maximum atomic E-state index is 5.34. The quantitative estimate of drug-likeness (QED) is 0.789. The van der Waals surface area contributed by atoms with Crippen LogP contribution in [-0.2, 0) is 6.42 Å². The average Bonchev–Trinajstić information content (AvgIpc) is 3.05. The third kappa shape index (κ3) is 2.05. The predicted octanol–water partition coefficient (Wildman–Crippen LogP) is 3.10. The molecule has 0 bridgehead atoms. The molecule has 4 rings (SSSR count). The second-order valence-electron chi connectivity index (χ2n) is 5.11. The fraction of sp³-hybridized carbons (Fsp3) is 0.400. The lowest BCUT2D eigenvalue weighted by Crippen LogP contribution is -2.30. The second-order valence-corrected chi connectivity index (χ2v) is 7.37. The Kier molecular flexibility index (Phi) is 3.21. The fourth-order valence-electron chi connectivity index (χ4n) is 2.80. The largest absolute Gasteiger partial charge is 0.497 e. The van der Waals surface area contributed by atoms with Crippen LogP contribution in [0.3, 0.4) is 0 Å². The van der Waals surface area contributed by atoms with Crippen molar-refractivity contribution in [1.82, 2.24) is 10.3 Å². The zero-order valence-corrected chi connectivity index (χ0v) is 12.9. The van der Waals surface area contributed by atoms with Crippen molar-refractivity contribution in [1.29, 1.82) is 0 Å².